The minimum absolute atomic E-state index is 0.186. The minimum atomic E-state index is -0.186. The van der Waals surface area contributed by atoms with E-state index >= 15 is 0 Å². The quantitative estimate of drug-likeness (QED) is 0.604. The van der Waals surface area contributed by atoms with Crippen molar-refractivity contribution in [3.8, 4) is 0 Å². The van der Waals surface area contributed by atoms with Gasteiger partial charge in [0, 0.05) is 22.5 Å². The third kappa shape index (κ3) is 4.73. The molecule has 132 valence electrons. The molecule has 0 bridgehead atoms. The van der Waals surface area contributed by atoms with Crippen LogP contribution in [0.4, 0.5) is 0 Å². The van der Waals surface area contributed by atoms with Crippen LogP contribution in [-0.2, 0) is 0 Å². The molecule has 0 spiro atoms. The molecule has 1 aliphatic rings. The first-order valence-electron chi connectivity index (χ1n) is 8.35. The Hall–Kier alpha value is -3.54. The first-order chi connectivity index (χ1) is 12.7. The highest BCUT2D eigenvalue weighted by Crippen LogP contribution is 2.13. The van der Waals surface area contributed by atoms with Crippen molar-refractivity contribution in [3.05, 3.63) is 95.3 Å². The van der Waals surface area contributed by atoms with Crippen LogP contribution in [0.3, 0.4) is 0 Å². The Labute approximate surface area is 151 Å². The summed E-state index contributed by atoms with van der Waals surface area (Å²) in [5, 5.41) is 0. The molecule has 2 aromatic carbocycles. The van der Waals surface area contributed by atoms with Gasteiger partial charge in [0.25, 0.3) is 11.8 Å². The number of hydrogen-bond donors (Lipinski definition) is 4. The molecule has 0 heterocycles. The minimum Gasteiger partial charge on any atom is -0.302 e. The third-order valence-electron chi connectivity index (χ3n) is 3.89. The van der Waals surface area contributed by atoms with E-state index < -0.39 is 0 Å². The van der Waals surface area contributed by atoms with Crippen molar-refractivity contribution in [2.75, 3.05) is 0 Å². The van der Waals surface area contributed by atoms with Crippen molar-refractivity contribution >= 4 is 11.8 Å². The SMILES string of the molecule is O=C(NNC1=CC=C(NNC(=O)c2ccccc2)CC1)c1ccccc1. The van der Waals surface area contributed by atoms with Crippen LogP contribution in [0.5, 0.6) is 0 Å². The number of rotatable bonds is 6. The Balaban J connectivity index is 1.47. The van der Waals surface area contributed by atoms with Crippen LogP contribution >= 0.6 is 0 Å². The van der Waals surface area contributed by atoms with E-state index in [9.17, 15) is 9.59 Å². The molecule has 6 nitrogen and oxygen atoms in total. The molecule has 2 aromatic rings. The lowest BCUT2D eigenvalue weighted by molar-refractivity contribution is 0.0928. The number of carbonyl (C=O) groups is 2. The fraction of sp³-hybridized carbons (Fsp3) is 0.100. The second kappa shape index (κ2) is 8.53. The molecule has 6 heteroatoms. The fourth-order valence-corrected chi connectivity index (χ4v) is 2.44. The van der Waals surface area contributed by atoms with Gasteiger partial charge >= 0.3 is 0 Å². The Morgan fingerprint density at radius 2 is 1.00 bits per heavy atom. The van der Waals surface area contributed by atoms with Crippen LogP contribution in [0.15, 0.2) is 84.2 Å². The third-order valence-corrected chi connectivity index (χ3v) is 3.89. The first kappa shape index (κ1) is 17.3. The molecule has 0 fully saturated rings. The zero-order valence-electron chi connectivity index (χ0n) is 14.2. The van der Waals surface area contributed by atoms with Crippen LogP contribution in [0, 0.1) is 0 Å². The molecule has 3 rings (SSSR count). The van der Waals surface area contributed by atoms with Gasteiger partial charge in [-0.05, 0) is 49.3 Å². The molecule has 2 amide bonds. The summed E-state index contributed by atoms with van der Waals surface area (Å²) < 4.78 is 0. The summed E-state index contributed by atoms with van der Waals surface area (Å²) in [6, 6.07) is 18.0. The van der Waals surface area contributed by atoms with Crippen molar-refractivity contribution in [2.45, 2.75) is 12.8 Å². The number of carbonyl (C=O) groups excluding carboxylic acids is 2. The van der Waals surface area contributed by atoms with Gasteiger partial charge in [0.15, 0.2) is 0 Å². The summed E-state index contributed by atoms with van der Waals surface area (Å²) in [6.07, 6.45) is 5.17. The maximum absolute atomic E-state index is 12.0. The van der Waals surface area contributed by atoms with Gasteiger partial charge in [-0.3, -0.25) is 20.4 Å². The lowest BCUT2D eigenvalue weighted by atomic mass is 10.1. The van der Waals surface area contributed by atoms with Gasteiger partial charge in [-0.2, -0.15) is 0 Å². The van der Waals surface area contributed by atoms with E-state index in [0.717, 1.165) is 24.2 Å². The highest BCUT2D eigenvalue weighted by molar-refractivity contribution is 5.94. The normalized spacial score (nSPS) is 13.1. The molecule has 1 aliphatic carbocycles. The molecule has 4 N–H and O–H groups in total. The van der Waals surface area contributed by atoms with Gasteiger partial charge in [-0.1, -0.05) is 36.4 Å². The van der Waals surface area contributed by atoms with Crippen LogP contribution in [0.2, 0.25) is 0 Å². The summed E-state index contributed by atoms with van der Waals surface area (Å²) in [7, 11) is 0. The number of hydrogen-bond acceptors (Lipinski definition) is 4. The van der Waals surface area contributed by atoms with E-state index in [1.165, 1.54) is 0 Å². The Morgan fingerprint density at radius 1 is 0.615 bits per heavy atom. The number of allylic oxidation sites excluding steroid dienone is 4. The molecule has 26 heavy (non-hydrogen) atoms. The van der Waals surface area contributed by atoms with E-state index in [-0.39, 0.29) is 11.8 Å². The second-order valence-corrected chi connectivity index (χ2v) is 5.77. The molecule has 0 saturated carbocycles. The van der Waals surface area contributed by atoms with Gasteiger partial charge < -0.3 is 10.9 Å². The number of hydrazine groups is 2. The van der Waals surface area contributed by atoms with E-state index in [1.807, 2.05) is 48.6 Å². The van der Waals surface area contributed by atoms with E-state index in [4.69, 9.17) is 0 Å². The standard InChI is InChI=1S/C20H20N4O2/c25-19(15-7-3-1-4-8-15)23-21-17-11-13-18(14-12-17)22-24-20(26)16-9-5-2-6-10-16/h1-11,13,21-22H,12,14H2,(H,23,25)(H,24,26). The zero-order valence-corrected chi connectivity index (χ0v) is 14.2. The molecule has 0 unspecified atom stereocenters. The monoisotopic (exact) mass is 348 g/mol. The predicted octanol–water partition coefficient (Wildman–Crippen LogP) is 2.42. The molecule has 0 aromatic heterocycles. The number of amides is 2. The Morgan fingerprint density at radius 3 is 1.35 bits per heavy atom. The average molecular weight is 348 g/mol. The maximum atomic E-state index is 12.0. The largest absolute Gasteiger partial charge is 0.302 e. The van der Waals surface area contributed by atoms with Crippen LogP contribution in [0.25, 0.3) is 0 Å². The van der Waals surface area contributed by atoms with Gasteiger partial charge in [-0.15, -0.1) is 0 Å². The summed E-state index contributed by atoms with van der Waals surface area (Å²) in [6.45, 7) is 0. The molecular weight excluding hydrogens is 328 g/mol. The number of nitrogens with one attached hydrogen (secondary N) is 4. The zero-order chi connectivity index (χ0) is 18.2. The highest BCUT2D eigenvalue weighted by Gasteiger charge is 2.10. The first-order valence-corrected chi connectivity index (χ1v) is 8.35. The molecular formula is C20H20N4O2. The van der Waals surface area contributed by atoms with Gasteiger partial charge in [0.05, 0.1) is 0 Å². The maximum Gasteiger partial charge on any atom is 0.269 e. The van der Waals surface area contributed by atoms with Crippen molar-refractivity contribution in [3.63, 3.8) is 0 Å². The van der Waals surface area contributed by atoms with Crippen LogP contribution in [-0.4, -0.2) is 11.8 Å². The lowest BCUT2D eigenvalue weighted by Gasteiger charge is -2.18. The van der Waals surface area contributed by atoms with E-state index in [1.54, 1.807) is 24.3 Å². The summed E-state index contributed by atoms with van der Waals surface area (Å²) in [4.78, 5) is 24.0. The second-order valence-electron chi connectivity index (χ2n) is 5.77. The molecule has 0 aliphatic heterocycles. The van der Waals surface area contributed by atoms with Crippen LogP contribution in [0.1, 0.15) is 33.6 Å². The van der Waals surface area contributed by atoms with Crippen molar-refractivity contribution in [1.29, 1.82) is 0 Å². The predicted molar refractivity (Wildman–Crippen MR) is 99.5 cm³/mol. The fourth-order valence-electron chi connectivity index (χ4n) is 2.44. The molecule has 0 atom stereocenters. The molecule has 0 radical (unpaired) electrons. The molecule has 0 saturated heterocycles. The van der Waals surface area contributed by atoms with E-state index in [2.05, 4.69) is 21.7 Å². The van der Waals surface area contributed by atoms with Gasteiger partial charge in [0.2, 0.25) is 0 Å². The summed E-state index contributed by atoms with van der Waals surface area (Å²) in [5.74, 6) is -0.371. The smallest absolute Gasteiger partial charge is 0.269 e. The van der Waals surface area contributed by atoms with Gasteiger partial charge in [0.1, 0.15) is 0 Å². The number of benzene rings is 2. The lowest BCUT2D eigenvalue weighted by Crippen LogP contribution is -2.39. The summed E-state index contributed by atoms with van der Waals surface area (Å²) in [5.41, 5.74) is 14.2. The summed E-state index contributed by atoms with van der Waals surface area (Å²) >= 11 is 0. The van der Waals surface area contributed by atoms with Crippen LogP contribution < -0.4 is 21.7 Å². The van der Waals surface area contributed by atoms with Crippen molar-refractivity contribution in [1.82, 2.24) is 21.7 Å². The van der Waals surface area contributed by atoms with Crippen molar-refractivity contribution < 1.29 is 9.59 Å². The Kier molecular flexibility index (Phi) is 5.67. The topological polar surface area (TPSA) is 82.3 Å². The Bertz CT molecular complexity index is 758. The van der Waals surface area contributed by atoms with E-state index in [0.29, 0.717) is 11.1 Å². The van der Waals surface area contributed by atoms with Gasteiger partial charge in [-0.25, -0.2) is 0 Å². The van der Waals surface area contributed by atoms with Crippen molar-refractivity contribution in [2.24, 2.45) is 0 Å². The highest BCUT2D eigenvalue weighted by atomic mass is 16.2. The average Bonchev–Trinajstić information content (AvgIpc) is 2.72.